The number of benzene rings is 5. The Hall–Kier alpha value is -8.03. The van der Waals surface area contributed by atoms with Crippen LogP contribution in [0.15, 0.2) is 84.9 Å². The van der Waals surface area contributed by atoms with E-state index in [1.165, 1.54) is 57.2 Å². The molecule has 0 radical (unpaired) electrons. The van der Waals surface area contributed by atoms with Crippen molar-refractivity contribution in [3.8, 4) is 56.0 Å². The zero-order valence-corrected chi connectivity index (χ0v) is 49.5. The van der Waals surface area contributed by atoms with Gasteiger partial charge in [0.15, 0.2) is 0 Å². The molecule has 0 saturated carbocycles. The van der Waals surface area contributed by atoms with Crippen LogP contribution in [0.2, 0.25) is 0 Å². The molecule has 3 aliphatic rings. The van der Waals surface area contributed by atoms with Crippen molar-refractivity contribution in [3.05, 3.63) is 186 Å². The van der Waals surface area contributed by atoms with Crippen molar-refractivity contribution >= 4 is 52.3 Å². The molecule has 0 spiro atoms. The van der Waals surface area contributed by atoms with E-state index in [0.717, 1.165) is 112 Å². The third-order valence-corrected chi connectivity index (χ3v) is 16.7. The fourth-order valence-corrected chi connectivity index (χ4v) is 13.0. The van der Waals surface area contributed by atoms with E-state index in [1.807, 2.05) is 6.07 Å². The minimum absolute atomic E-state index is 0.253. The van der Waals surface area contributed by atoms with E-state index >= 15 is 0 Å². The highest BCUT2D eigenvalue weighted by Crippen LogP contribution is 2.56. The molecule has 2 N–H and O–H groups in total. The summed E-state index contributed by atoms with van der Waals surface area (Å²) < 4.78 is 12.9. The number of rotatable bonds is 5. The summed E-state index contributed by atoms with van der Waals surface area (Å²) in [7, 11) is 1.44. The monoisotopic (exact) mass is 1040 g/mol. The molecule has 6 heterocycles. The summed E-state index contributed by atoms with van der Waals surface area (Å²) in [4.78, 5) is 33.7. The predicted octanol–water partition coefficient (Wildman–Crippen LogP) is 18.9. The van der Waals surface area contributed by atoms with Crippen molar-refractivity contribution in [2.24, 2.45) is 0 Å². The highest BCUT2D eigenvalue weighted by atomic mass is 16.5. The molecule has 0 unspecified atom stereocenters. The van der Waals surface area contributed by atoms with E-state index in [0.29, 0.717) is 17.1 Å². The molecule has 3 aliphatic heterocycles. The lowest BCUT2D eigenvalue weighted by molar-refractivity contribution is 0.0597. The number of H-pyrrole nitrogens is 2. The van der Waals surface area contributed by atoms with Crippen molar-refractivity contribution in [3.63, 3.8) is 0 Å². The lowest BCUT2D eigenvalue weighted by Gasteiger charge is -2.39. The molecule has 400 valence electrons. The second kappa shape index (κ2) is 18.8. The van der Waals surface area contributed by atoms with Gasteiger partial charge in [0.2, 0.25) is 0 Å². The van der Waals surface area contributed by atoms with Crippen LogP contribution in [-0.2, 0) is 21.0 Å². The number of hydrogen-bond acceptors (Lipinski definition) is 5. The van der Waals surface area contributed by atoms with Gasteiger partial charge in [-0.1, -0.05) is 121 Å². The summed E-state index contributed by atoms with van der Waals surface area (Å²) in [6, 6.07) is 31.3. The number of carbonyl (C=O) groups excluding carboxylic acids is 1. The molecule has 0 saturated heterocycles. The molecule has 3 aromatic heterocycles. The summed E-state index contributed by atoms with van der Waals surface area (Å²) in [6.07, 6.45) is 8.73. The van der Waals surface area contributed by atoms with Crippen molar-refractivity contribution in [2.75, 3.05) is 7.11 Å². The van der Waals surface area contributed by atoms with Crippen LogP contribution < -0.4 is 4.74 Å². The Balaban J connectivity index is 1.36. The zero-order chi connectivity index (χ0) is 56.5. The van der Waals surface area contributed by atoms with E-state index in [2.05, 4.69) is 231 Å². The third kappa shape index (κ3) is 8.96. The van der Waals surface area contributed by atoms with E-state index in [9.17, 15) is 4.79 Å². The molecule has 0 amide bonds. The second-order valence-corrected chi connectivity index (χ2v) is 25.3. The Kier molecular flexibility index (Phi) is 12.6. The van der Waals surface area contributed by atoms with Gasteiger partial charge >= 0.3 is 5.97 Å². The van der Waals surface area contributed by atoms with Crippen molar-refractivity contribution < 1.29 is 14.3 Å². The normalized spacial score (nSPS) is 13.6. The van der Waals surface area contributed by atoms with Gasteiger partial charge < -0.3 is 19.4 Å². The number of aryl methyl sites for hydroxylation is 9. The highest BCUT2D eigenvalue weighted by Gasteiger charge is 2.41. The average Bonchev–Trinajstić information content (AvgIpc) is 4.00. The van der Waals surface area contributed by atoms with Crippen LogP contribution in [0.5, 0.6) is 11.5 Å². The Bertz CT molecular complexity index is 4070. The number of ether oxygens (including phenoxy) is 2. The molecule has 11 rings (SSSR count). The molecule has 8 bridgehead atoms. The SMILES string of the molecule is COC(=O)c1cc(C(C)(C)C)cc2c1Oc1c(-c3c4nc(c(-c5c(C)cc(C)cc5C)c5ccc([nH]5)c(-c5c(C)cc(C)cc5C)c5nc(c(-c6c(C)cc(C)cc6C)c6ccc3[nH]6)C=C5)C=C4)cc(C(C)(C)C)cc1C2(C)C. The smallest absolute Gasteiger partial charge is 0.341 e. The average molecular weight is 1040 g/mol. The van der Waals surface area contributed by atoms with Crippen LogP contribution >= 0.6 is 0 Å². The Morgan fingerprint density at radius 2 is 0.785 bits per heavy atom. The highest BCUT2D eigenvalue weighted by molar-refractivity contribution is 6.03. The van der Waals surface area contributed by atoms with Gasteiger partial charge in [-0.05, 0) is 195 Å². The van der Waals surface area contributed by atoms with Gasteiger partial charge in [0.25, 0.3) is 0 Å². The van der Waals surface area contributed by atoms with Crippen LogP contribution in [0.3, 0.4) is 0 Å². The number of nitrogens with one attached hydrogen (secondary N) is 2. The van der Waals surface area contributed by atoms with Crippen LogP contribution in [0, 0.1) is 62.3 Å². The van der Waals surface area contributed by atoms with E-state index < -0.39 is 11.4 Å². The Morgan fingerprint density at radius 1 is 0.456 bits per heavy atom. The minimum atomic E-state index is -0.617. The summed E-state index contributed by atoms with van der Waals surface area (Å²) in [5, 5.41) is 0. The fraction of sp³-hybridized carbons (Fsp3) is 0.292. The molecule has 0 aliphatic carbocycles. The number of methoxy groups -OCH3 is 1. The lowest BCUT2D eigenvalue weighted by Crippen LogP contribution is -2.28. The van der Waals surface area contributed by atoms with Crippen molar-refractivity contribution in [1.82, 2.24) is 19.9 Å². The lowest BCUT2D eigenvalue weighted by atomic mass is 9.70. The van der Waals surface area contributed by atoms with Crippen molar-refractivity contribution in [1.29, 1.82) is 0 Å². The largest absolute Gasteiger partial charge is 0.465 e. The predicted molar refractivity (Wildman–Crippen MR) is 331 cm³/mol. The van der Waals surface area contributed by atoms with Crippen LogP contribution in [0.4, 0.5) is 0 Å². The topological polar surface area (TPSA) is 92.9 Å². The molecule has 7 heteroatoms. The number of aromatic amines is 2. The Labute approximate surface area is 467 Å². The standard InChI is InChI=1S/C72H74N4O3/c1-37-27-40(4)60(41(5)28-37)64-54-21-19-52(73-54)63(48-33-46(70(10,11)12)35-50-67(48)79-68-49(69(77)78-18)34-47(71(13,14)15)36-51(68)72(50,16)17)53-20-22-55(74-53)65(61-42(6)29-38(2)30-43(61)7)57-24-26-59(76-57)66(58-25-23-56(64)75-58)62-44(8)31-39(3)32-45(62)9/h19-36,73,76H,1-18H3. The van der Waals surface area contributed by atoms with E-state index in [1.54, 1.807) is 0 Å². The van der Waals surface area contributed by atoms with Gasteiger partial charge in [-0.25, -0.2) is 14.8 Å². The van der Waals surface area contributed by atoms with Crippen LogP contribution in [0.1, 0.15) is 161 Å². The van der Waals surface area contributed by atoms with Gasteiger partial charge in [-0.2, -0.15) is 0 Å². The Morgan fingerprint density at radius 3 is 1.14 bits per heavy atom. The van der Waals surface area contributed by atoms with Crippen LogP contribution in [0.25, 0.3) is 90.9 Å². The first-order valence-electron chi connectivity index (χ1n) is 27.8. The summed E-state index contributed by atoms with van der Waals surface area (Å²) >= 11 is 0. The maximum absolute atomic E-state index is 14.1. The van der Waals surface area contributed by atoms with Crippen LogP contribution in [-0.4, -0.2) is 33.0 Å². The first-order valence-corrected chi connectivity index (χ1v) is 27.8. The van der Waals surface area contributed by atoms with Crippen molar-refractivity contribution in [2.45, 2.75) is 134 Å². The van der Waals surface area contributed by atoms with Gasteiger partial charge in [-0.3, -0.25) is 0 Å². The number of carbonyl (C=O) groups is 1. The molecular weight excluding hydrogens is 969 g/mol. The summed E-state index contributed by atoms with van der Waals surface area (Å²) in [5.41, 5.74) is 29.4. The second-order valence-electron chi connectivity index (χ2n) is 25.3. The molecule has 0 fully saturated rings. The number of nitrogens with zero attached hydrogens (tertiary/aromatic N) is 2. The molecule has 5 aromatic carbocycles. The van der Waals surface area contributed by atoms with Gasteiger partial charge in [0.1, 0.15) is 17.1 Å². The number of aromatic nitrogens is 4. The molecule has 7 nitrogen and oxygen atoms in total. The van der Waals surface area contributed by atoms with Gasteiger partial charge in [0, 0.05) is 66.4 Å². The molecular formula is C72H74N4O3. The van der Waals surface area contributed by atoms with E-state index in [4.69, 9.17) is 19.4 Å². The molecule has 8 aromatic rings. The first kappa shape index (κ1) is 53.0. The fourth-order valence-electron chi connectivity index (χ4n) is 13.0. The number of fused-ring (bicyclic) bond motifs is 10. The third-order valence-electron chi connectivity index (χ3n) is 16.7. The number of esters is 1. The van der Waals surface area contributed by atoms with Gasteiger partial charge in [0.05, 0.1) is 29.9 Å². The minimum Gasteiger partial charge on any atom is -0.465 e. The van der Waals surface area contributed by atoms with Gasteiger partial charge in [-0.15, -0.1) is 0 Å². The summed E-state index contributed by atoms with van der Waals surface area (Å²) in [5.74, 6) is 0.742. The summed E-state index contributed by atoms with van der Waals surface area (Å²) in [6.45, 7) is 37.6. The zero-order valence-electron chi connectivity index (χ0n) is 49.5. The maximum atomic E-state index is 14.1. The molecule has 0 atom stereocenters. The molecule has 79 heavy (non-hydrogen) atoms. The first-order chi connectivity index (χ1) is 37.2. The number of hydrogen-bond donors (Lipinski definition) is 2. The maximum Gasteiger partial charge on any atom is 0.341 e. The van der Waals surface area contributed by atoms with E-state index in [-0.39, 0.29) is 10.8 Å². The quantitative estimate of drug-likeness (QED) is 0.168.